The van der Waals surface area contributed by atoms with Gasteiger partial charge in [-0.1, -0.05) is 28.2 Å². The second-order valence-corrected chi connectivity index (χ2v) is 7.64. The number of rotatable bonds is 3. The summed E-state index contributed by atoms with van der Waals surface area (Å²) >= 11 is 5.87. The Morgan fingerprint density at radius 1 is 1.46 bits per heavy atom. The van der Waals surface area contributed by atoms with Crippen LogP contribution in [-0.4, -0.2) is 40.2 Å². The number of carbonyl (C=O) groups excluding carboxylic acids is 2. The third-order valence-electron chi connectivity index (χ3n) is 3.85. The molecule has 0 radical (unpaired) electrons. The second-order valence-electron chi connectivity index (χ2n) is 7.20. The minimum Gasteiger partial charge on any atom is -0.444 e. The summed E-state index contributed by atoms with van der Waals surface area (Å²) in [5.74, 6) is -1.43. The summed E-state index contributed by atoms with van der Waals surface area (Å²) in [4.78, 5) is 26.0. The number of carbonyl (C=O) groups is 2. The lowest BCUT2D eigenvalue weighted by Gasteiger charge is -2.28. The van der Waals surface area contributed by atoms with Crippen LogP contribution in [0.1, 0.15) is 32.8 Å². The molecule has 1 heterocycles. The fraction of sp³-hybridized carbons (Fsp3) is 0.500. The average Bonchev–Trinajstić information content (AvgIpc) is 2.97. The molecule has 1 aliphatic rings. The Hall–Kier alpha value is -2.33. The summed E-state index contributed by atoms with van der Waals surface area (Å²) in [6, 6.07) is 7.46. The lowest BCUT2D eigenvalue weighted by molar-refractivity contribution is -0.152. The Morgan fingerprint density at radius 2 is 2.15 bits per heavy atom. The summed E-state index contributed by atoms with van der Waals surface area (Å²) < 4.78 is 19.7. The van der Waals surface area contributed by atoms with E-state index in [-0.39, 0.29) is 24.6 Å². The molecule has 1 aromatic carbocycles. The molecule has 0 bridgehead atoms. The van der Waals surface area contributed by atoms with Crippen LogP contribution in [0.3, 0.4) is 0 Å². The van der Waals surface area contributed by atoms with Crippen molar-refractivity contribution in [3.05, 3.63) is 34.9 Å². The van der Waals surface area contributed by atoms with Gasteiger partial charge in [-0.2, -0.15) is 10.4 Å². The van der Waals surface area contributed by atoms with Crippen LogP contribution >= 0.6 is 11.6 Å². The van der Waals surface area contributed by atoms with Crippen molar-refractivity contribution < 1.29 is 18.8 Å². The summed E-state index contributed by atoms with van der Waals surface area (Å²) in [6.45, 7) is 4.82. The van der Waals surface area contributed by atoms with Gasteiger partial charge in [0.25, 0.3) is 5.91 Å². The van der Waals surface area contributed by atoms with Crippen molar-refractivity contribution in [3.63, 3.8) is 0 Å². The van der Waals surface area contributed by atoms with Crippen LogP contribution in [0.5, 0.6) is 0 Å². The third-order valence-corrected chi connectivity index (χ3v) is 4.08. The number of benzene rings is 1. The maximum absolute atomic E-state index is 14.5. The van der Waals surface area contributed by atoms with Crippen molar-refractivity contribution in [2.24, 2.45) is 5.92 Å². The van der Waals surface area contributed by atoms with E-state index in [2.05, 4.69) is 0 Å². The predicted molar refractivity (Wildman–Crippen MR) is 93.6 cm³/mol. The van der Waals surface area contributed by atoms with Gasteiger partial charge >= 0.3 is 6.09 Å². The van der Waals surface area contributed by atoms with Crippen molar-refractivity contribution >= 4 is 23.6 Å². The molecule has 0 unspecified atom stereocenters. The second kappa shape index (κ2) is 7.92. The largest absolute Gasteiger partial charge is 0.444 e. The Bertz CT molecular complexity index is 729. The lowest BCUT2D eigenvalue weighted by Crippen LogP contribution is -2.47. The van der Waals surface area contributed by atoms with Crippen molar-refractivity contribution in [1.82, 2.24) is 10.0 Å². The Kier molecular flexibility index (Phi) is 6.09. The number of hydrogen-bond acceptors (Lipinski definition) is 4. The van der Waals surface area contributed by atoms with Crippen LogP contribution in [0, 0.1) is 17.2 Å². The molecular formula is C18H21ClFN3O3. The number of nitrogens with zero attached hydrogens (tertiary/aromatic N) is 3. The van der Waals surface area contributed by atoms with Crippen LogP contribution in [0.2, 0.25) is 5.02 Å². The van der Waals surface area contributed by atoms with Gasteiger partial charge in [-0.15, -0.1) is 0 Å². The van der Waals surface area contributed by atoms with Gasteiger partial charge in [-0.25, -0.2) is 4.79 Å². The maximum atomic E-state index is 14.5. The molecule has 2 amide bonds. The molecular weight excluding hydrogens is 361 g/mol. The molecule has 1 aromatic rings. The molecule has 0 spiro atoms. The fourth-order valence-corrected chi connectivity index (χ4v) is 2.93. The summed E-state index contributed by atoms with van der Waals surface area (Å²) in [5, 5.41) is 9.62. The summed E-state index contributed by atoms with van der Waals surface area (Å²) in [6.07, 6.45) is -0.658. The smallest absolute Gasteiger partial charge is 0.411 e. The van der Waals surface area contributed by atoms with E-state index in [0.717, 1.165) is 4.90 Å². The molecule has 1 aliphatic heterocycles. The quantitative estimate of drug-likeness (QED) is 0.748. The first-order valence-electron chi connectivity index (χ1n) is 8.21. The first-order valence-corrected chi connectivity index (χ1v) is 8.59. The van der Waals surface area contributed by atoms with E-state index in [4.69, 9.17) is 21.6 Å². The lowest BCUT2D eigenvalue weighted by atomic mass is 10.1. The SMILES string of the molecule is CC(C)(C)OC(=O)N1C[C@@H](C#N)C[C@H]1C(=O)N(F)Cc1cccc(Cl)c1. The topological polar surface area (TPSA) is 73.6 Å². The first-order chi connectivity index (χ1) is 12.1. The minimum atomic E-state index is -1.07. The van der Waals surface area contributed by atoms with E-state index >= 15 is 0 Å². The van der Waals surface area contributed by atoms with Crippen LogP contribution < -0.4 is 0 Å². The standard InChI is InChI=1S/C18H21ClFN3O3/c1-18(2,3)26-17(25)22-10-13(9-21)8-15(22)16(24)23(20)11-12-5-4-6-14(19)7-12/h4-7,13,15H,8,10-11H2,1-3H3/t13-,15+/m1/s1. The van der Waals surface area contributed by atoms with Crippen molar-refractivity contribution in [2.45, 2.75) is 45.4 Å². The van der Waals surface area contributed by atoms with Crippen molar-refractivity contribution in [3.8, 4) is 6.07 Å². The van der Waals surface area contributed by atoms with Crippen molar-refractivity contribution in [1.29, 1.82) is 5.26 Å². The van der Waals surface area contributed by atoms with Gasteiger partial charge in [-0.05, 0) is 44.9 Å². The van der Waals surface area contributed by atoms with E-state index in [1.54, 1.807) is 45.0 Å². The number of ether oxygens (including phenoxy) is 1. The van der Waals surface area contributed by atoms with Gasteiger partial charge in [-0.3, -0.25) is 9.69 Å². The zero-order chi connectivity index (χ0) is 19.5. The van der Waals surface area contributed by atoms with Gasteiger partial charge in [0.15, 0.2) is 0 Å². The maximum Gasteiger partial charge on any atom is 0.411 e. The minimum absolute atomic E-state index is 0.0345. The molecule has 8 heteroatoms. The highest BCUT2D eigenvalue weighted by atomic mass is 35.5. The van der Waals surface area contributed by atoms with E-state index in [9.17, 15) is 14.1 Å². The molecule has 0 saturated carbocycles. The van der Waals surface area contributed by atoms with Crippen LogP contribution in [0.25, 0.3) is 0 Å². The van der Waals surface area contributed by atoms with E-state index in [1.807, 2.05) is 6.07 Å². The third kappa shape index (κ3) is 5.09. The number of nitriles is 1. The predicted octanol–water partition coefficient (Wildman–Crippen LogP) is 3.70. The van der Waals surface area contributed by atoms with Crippen LogP contribution in [0.15, 0.2) is 24.3 Å². The Morgan fingerprint density at radius 3 is 2.73 bits per heavy atom. The molecule has 2 rings (SSSR count). The highest BCUT2D eigenvalue weighted by molar-refractivity contribution is 6.30. The number of likely N-dealkylation sites (tertiary alicyclic amines) is 1. The summed E-state index contributed by atoms with van der Waals surface area (Å²) in [7, 11) is 0. The molecule has 0 N–H and O–H groups in total. The zero-order valence-electron chi connectivity index (χ0n) is 14.9. The first kappa shape index (κ1) is 20.0. The monoisotopic (exact) mass is 381 g/mol. The Labute approximate surface area is 157 Å². The van der Waals surface area contributed by atoms with Gasteiger partial charge in [0.1, 0.15) is 11.6 Å². The van der Waals surface area contributed by atoms with Gasteiger partial charge in [0.2, 0.25) is 0 Å². The van der Waals surface area contributed by atoms with Crippen LogP contribution in [-0.2, 0) is 16.1 Å². The van der Waals surface area contributed by atoms with Crippen molar-refractivity contribution in [2.75, 3.05) is 6.54 Å². The number of hydrogen-bond donors (Lipinski definition) is 0. The fourth-order valence-electron chi connectivity index (χ4n) is 2.72. The molecule has 2 atom stereocenters. The highest BCUT2D eigenvalue weighted by Crippen LogP contribution is 2.27. The van der Waals surface area contributed by atoms with Gasteiger partial charge < -0.3 is 4.74 Å². The highest BCUT2D eigenvalue weighted by Gasteiger charge is 2.43. The van der Waals surface area contributed by atoms with E-state index in [0.29, 0.717) is 10.6 Å². The molecule has 1 fully saturated rings. The molecule has 6 nitrogen and oxygen atoms in total. The molecule has 0 aliphatic carbocycles. The van der Waals surface area contributed by atoms with Gasteiger partial charge in [0.05, 0.1) is 18.5 Å². The molecule has 0 aromatic heterocycles. The summed E-state index contributed by atoms with van der Waals surface area (Å²) in [5.41, 5.74) is -0.238. The number of amides is 2. The molecule has 140 valence electrons. The molecule has 1 saturated heterocycles. The Balaban J connectivity index is 2.13. The zero-order valence-corrected chi connectivity index (χ0v) is 15.7. The normalized spacial score (nSPS) is 19.8. The van der Waals surface area contributed by atoms with Crippen LogP contribution in [0.4, 0.5) is 9.28 Å². The molecule has 26 heavy (non-hydrogen) atoms. The average molecular weight is 382 g/mol. The number of halogens is 2. The van der Waals surface area contributed by atoms with E-state index < -0.39 is 29.6 Å². The van der Waals surface area contributed by atoms with Gasteiger partial charge in [0, 0.05) is 11.6 Å². The van der Waals surface area contributed by atoms with E-state index in [1.165, 1.54) is 0 Å².